The fourth-order valence-corrected chi connectivity index (χ4v) is 1.99. The number of hydrogen-bond acceptors (Lipinski definition) is 4. The van der Waals surface area contributed by atoms with Crippen molar-refractivity contribution < 1.29 is 4.79 Å². The van der Waals surface area contributed by atoms with Crippen LogP contribution < -0.4 is 5.32 Å². The molecule has 1 amide bonds. The van der Waals surface area contributed by atoms with E-state index >= 15 is 0 Å². The SMILES string of the molecule is CC(=O)Nc1ncc(/C=C/c2ccncc2)s1. The maximum Gasteiger partial charge on any atom is 0.223 e. The van der Waals surface area contributed by atoms with Crippen LogP contribution in [0.1, 0.15) is 17.4 Å². The van der Waals surface area contributed by atoms with E-state index in [1.807, 2.05) is 24.3 Å². The van der Waals surface area contributed by atoms with Gasteiger partial charge in [0.05, 0.1) is 0 Å². The second-order valence-corrected chi connectivity index (χ2v) is 4.43. The summed E-state index contributed by atoms with van der Waals surface area (Å²) in [6.07, 6.45) is 9.16. The molecule has 2 rings (SSSR count). The lowest BCUT2D eigenvalue weighted by Crippen LogP contribution is -2.04. The molecule has 2 aromatic rings. The van der Waals surface area contributed by atoms with Crippen molar-refractivity contribution in [2.24, 2.45) is 0 Å². The lowest BCUT2D eigenvalue weighted by atomic mass is 10.2. The van der Waals surface area contributed by atoms with Crippen molar-refractivity contribution in [1.29, 1.82) is 0 Å². The Morgan fingerprint density at radius 3 is 2.82 bits per heavy atom. The Morgan fingerprint density at radius 2 is 2.12 bits per heavy atom. The van der Waals surface area contributed by atoms with E-state index in [0.29, 0.717) is 5.13 Å². The Bertz CT molecular complexity index is 534. The predicted octanol–water partition coefficient (Wildman–Crippen LogP) is 2.67. The number of rotatable bonds is 3. The molecule has 0 radical (unpaired) electrons. The van der Waals surface area contributed by atoms with Crippen molar-refractivity contribution in [3.8, 4) is 0 Å². The van der Waals surface area contributed by atoms with Crippen molar-refractivity contribution in [2.75, 3.05) is 5.32 Å². The monoisotopic (exact) mass is 245 g/mol. The summed E-state index contributed by atoms with van der Waals surface area (Å²) in [7, 11) is 0. The second-order valence-electron chi connectivity index (χ2n) is 3.36. The van der Waals surface area contributed by atoms with E-state index in [0.717, 1.165) is 10.4 Å². The van der Waals surface area contributed by atoms with Gasteiger partial charge in [0, 0.05) is 30.4 Å². The number of carbonyl (C=O) groups is 1. The Labute approximate surface area is 103 Å². The van der Waals surface area contributed by atoms with Crippen molar-refractivity contribution in [3.05, 3.63) is 41.2 Å². The van der Waals surface area contributed by atoms with Gasteiger partial charge in [-0.2, -0.15) is 0 Å². The molecule has 17 heavy (non-hydrogen) atoms. The second kappa shape index (κ2) is 5.36. The maximum absolute atomic E-state index is 10.8. The van der Waals surface area contributed by atoms with Gasteiger partial charge in [-0.15, -0.1) is 0 Å². The average molecular weight is 245 g/mol. The minimum atomic E-state index is -0.107. The number of anilines is 1. The lowest BCUT2D eigenvalue weighted by Gasteiger charge is -1.92. The third-order valence-corrected chi connectivity index (χ3v) is 2.83. The molecule has 0 unspecified atom stereocenters. The highest BCUT2D eigenvalue weighted by Gasteiger charge is 2.00. The molecule has 0 saturated carbocycles. The first-order valence-electron chi connectivity index (χ1n) is 5.05. The smallest absolute Gasteiger partial charge is 0.223 e. The minimum absolute atomic E-state index is 0.107. The van der Waals surface area contributed by atoms with Gasteiger partial charge in [-0.3, -0.25) is 9.78 Å². The largest absolute Gasteiger partial charge is 0.302 e. The summed E-state index contributed by atoms with van der Waals surface area (Å²) >= 11 is 1.43. The van der Waals surface area contributed by atoms with Gasteiger partial charge in [-0.25, -0.2) is 4.98 Å². The minimum Gasteiger partial charge on any atom is -0.302 e. The molecule has 1 N–H and O–H groups in total. The number of aromatic nitrogens is 2. The number of carbonyl (C=O) groups excluding carboxylic acids is 1. The fraction of sp³-hybridized carbons (Fsp3) is 0.0833. The van der Waals surface area contributed by atoms with E-state index in [9.17, 15) is 4.79 Å². The van der Waals surface area contributed by atoms with Gasteiger partial charge < -0.3 is 5.32 Å². The topological polar surface area (TPSA) is 54.9 Å². The zero-order chi connectivity index (χ0) is 12.1. The molecular formula is C12H11N3OS. The molecule has 0 aromatic carbocycles. The van der Waals surface area contributed by atoms with Crippen LogP contribution in [0.2, 0.25) is 0 Å². The van der Waals surface area contributed by atoms with Crippen molar-refractivity contribution in [2.45, 2.75) is 6.92 Å². The van der Waals surface area contributed by atoms with Crippen LogP contribution in [0.25, 0.3) is 12.2 Å². The molecule has 5 heteroatoms. The van der Waals surface area contributed by atoms with Crippen molar-refractivity contribution in [3.63, 3.8) is 0 Å². The van der Waals surface area contributed by atoms with E-state index in [-0.39, 0.29) is 5.91 Å². The van der Waals surface area contributed by atoms with Crippen LogP contribution in [0.15, 0.2) is 30.7 Å². The standard InChI is InChI=1S/C12H11N3OS/c1-9(16)15-12-14-8-11(17-12)3-2-10-4-6-13-7-5-10/h2-8H,1H3,(H,14,15,16)/b3-2+. The van der Waals surface area contributed by atoms with Crippen LogP contribution in [0.4, 0.5) is 5.13 Å². The number of thiazole rings is 1. The van der Waals surface area contributed by atoms with E-state index in [4.69, 9.17) is 0 Å². The number of hydrogen-bond donors (Lipinski definition) is 1. The Kier molecular flexibility index (Phi) is 3.62. The summed E-state index contributed by atoms with van der Waals surface area (Å²) < 4.78 is 0. The van der Waals surface area contributed by atoms with Crippen LogP contribution in [-0.4, -0.2) is 15.9 Å². The summed E-state index contributed by atoms with van der Waals surface area (Å²) in [5, 5.41) is 3.27. The molecular weight excluding hydrogens is 234 g/mol. The Balaban J connectivity index is 2.06. The third-order valence-electron chi connectivity index (χ3n) is 1.95. The molecule has 4 nitrogen and oxygen atoms in total. The average Bonchev–Trinajstić information content (AvgIpc) is 2.75. The molecule has 0 atom stereocenters. The summed E-state index contributed by atoms with van der Waals surface area (Å²) in [5.74, 6) is -0.107. The molecule has 0 saturated heterocycles. The third kappa shape index (κ3) is 3.49. The number of nitrogens with one attached hydrogen (secondary N) is 1. The number of pyridine rings is 1. The van der Waals surface area contributed by atoms with Gasteiger partial charge in [-0.05, 0) is 23.8 Å². The van der Waals surface area contributed by atoms with Crippen LogP contribution in [0, 0.1) is 0 Å². The van der Waals surface area contributed by atoms with E-state index in [2.05, 4.69) is 15.3 Å². The molecule has 0 aliphatic carbocycles. The zero-order valence-electron chi connectivity index (χ0n) is 9.25. The molecule has 2 aromatic heterocycles. The van der Waals surface area contributed by atoms with Gasteiger partial charge in [0.1, 0.15) is 0 Å². The lowest BCUT2D eigenvalue weighted by molar-refractivity contribution is -0.114. The molecule has 0 aliphatic heterocycles. The summed E-state index contributed by atoms with van der Waals surface area (Å²) in [6.45, 7) is 1.47. The molecule has 0 spiro atoms. The fourth-order valence-electron chi connectivity index (χ4n) is 1.22. The Hall–Kier alpha value is -2.01. The van der Waals surface area contributed by atoms with Gasteiger partial charge >= 0.3 is 0 Å². The van der Waals surface area contributed by atoms with Gasteiger partial charge in [0.25, 0.3) is 0 Å². The van der Waals surface area contributed by atoms with E-state index in [1.54, 1.807) is 18.6 Å². The molecule has 0 bridgehead atoms. The number of amides is 1. The highest BCUT2D eigenvalue weighted by Crippen LogP contribution is 2.20. The quantitative estimate of drug-likeness (QED) is 0.904. The molecule has 2 heterocycles. The van der Waals surface area contributed by atoms with Crippen molar-refractivity contribution in [1.82, 2.24) is 9.97 Å². The van der Waals surface area contributed by atoms with Crippen LogP contribution in [0.5, 0.6) is 0 Å². The van der Waals surface area contributed by atoms with Crippen LogP contribution >= 0.6 is 11.3 Å². The highest BCUT2D eigenvalue weighted by molar-refractivity contribution is 7.16. The highest BCUT2D eigenvalue weighted by atomic mass is 32.1. The first-order chi connectivity index (χ1) is 8.24. The normalized spacial score (nSPS) is 10.6. The van der Waals surface area contributed by atoms with Gasteiger partial charge in [-0.1, -0.05) is 17.4 Å². The zero-order valence-corrected chi connectivity index (χ0v) is 10.1. The van der Waals surface area contributed by atoms with Crippen molar-refractivity contribution >= 4 is 34.5 Å². The van der Waals surface area contributed by atoms with E-state index < -0.39 is 0 Å². The predicted molar refractivity (Wildman–Crippen MR) is 69.6 cm³/mol. The van der Waals surface area contributed by atoms with Crippen LogP contribution in [-0.2, 0) is 4.79 Å². The van der Waals surface area contributed by atoms with Gasteiger partial charge in [0.15, 0.2) is 5.13 Å². The van der Waals surface area contributed by atoms with Crippen LogP contribution in [0.3, 0.4) is 0 Å². The molecule has 86 valence electrons. The summed E-state index contributed by atoms with van der Waals surface area (Å²) in [6, 6.07) is 3.85. The van der Waals surface area contributed by atoms with Gasteiger partial charge in [0.2, 0.25) is 5.91 Å². The summed E-state index contributed by atoms with van der Waals surface area (Å²) in [5.41, 5.74) is 1.08. The van der Waals surface area contributed by atoms with E-state index in [1.165, 1.54) is 18.3 Å². The summed E-state index contributed by atoms with van der Waals surface area (Å²) in [4.78, 5) is 19.9. The molecule has 0 fully saturated rings. The first-order valence-corrected chi connectivity index (χ1v) is 5.87. The molecule has 0 aliphatic rings. The maximum atomic E-state index is 10.8. The Morgan fingerprint density at radius 1 is 1.35 bits per heavy atom. The number of nitrogens with zero attached hydrogens (tertiary/aromatic N) is 2. The first kappa shape index (κ1) is 11.5.